The van der Waals surface area contributed by atoms with Crippen molar-refractivity contribution in [2.24, 2.45) is 0 Å². The van der Waals surface area contributed by atoms with Crippen molar-refractivity contribution in [1.29, 1.82) is 0 Å². The number of carbonyl (C=O) groups is 1. The van der Waals surface area contributed by atoms with Crippen molar-refractivity contribution in [3.63, 3.8) is 0 Å². The summed E-state index contributed by atoms with van der Waals surface area (Å²) < 4.78 is 0.440. The highest BCUT2D eigenvalue weighted by molar-refractivity contribution is 9.10. The summed E-state index contributed by atoms with van der Waals surface area (Å²) >= 11 is 3.24. The molecule has 108 valence electrons. The second-order valence-electron chi connectivity index (χ2n) is 4.74. The Morgan fingerprint density at radius 3 is 2.75 bits per heavy atom. The predicted octanol–water partition coefficient (Wildman–Crippen LogP) is 1.69. The number of halogens is 1. The molecule has 1 aliphatic rings. The Hall–Kier alpha value is -1.67. The summed E-state index contributed by atoms with van der Waals surface area (Å²) in [6.45, 7) is 1.78. The molecule has 2 atom stereocenters. The maximum atomic E-state index is 11.2. The first-order chi connectivity index (χ1) is 9.31. The Morgan fingerprint density at radius 2 is 2.20 bits per heavy atom. The summed E-state index contributed by atoms with van der Waals surface area (Å²) in [4.78, 5) is 23.2. The minimum atomic E-state index is -1.02. The number of aliphatic carboxylic acids is 1. The van der Waals surface area contributed by atoms with Gasteiger partial charge < -0.3 is 15.1 Å². The van der Waals surface area contributed by atoms with Crippen LogP contribution in [-0.2, 0) is 4.79 Å². The van der Waals surface area contributed by atoms with Crippen molar-refractivity contribution in [2.75, 3.05) is 11.4 Å². The third kappa shape index (κ3) is 2.61. The summed E-state index contributed by atoms with van der Waals surface area (Å²) in [6, 6.07) is 2.09. The van der Waals surface area contributed by atoms with Crippen molar-refractivity contribution in [1.82, 2.24) is 0 Å². The number of nitro groups is 1. The maximum absolute atomic E-state index is 11.2. The molecule has 20 heavy (non-hydrogen) atoms. The molecule has 1 saturated heterocycles. The molecule has 0 aliphatic carbocycles. The number of aliphatic hydroxyl groups is 1. The lowest BCUT2D eigenvalue weighted by atomic mass is 10.1. The second-order valence-corrected chi connectivity index (χ2v) is 5.60. The minimum Gasteiger partial charge on any atom is -0.480 e. The van der Waals surface area contributed by atoms with Crippen LogP contribution in [0.15, 0.2) is 16.6 Å². The van der Waals surface area contributed by atoms with Gasteiger partial charge in [0.15, 0.2) is 0 Å². The standard InChI is InChI=1S/C12H13BrN2O5/c1-6-2-10(8(13)4-9(6)15(19)20)14-5-7(16)3-11(14)12(17)18/h2,4,7,11,16H,3,5H2,1H3,(H,17,18). The van der Waals surface area contributed by atoms with Gasteiger partial charge in [-0.25, -0.2) is 4.79 Å². The highest BCUT2D eigenvalue weighted by Crippen LogP contribution is 2.36. The summed E-state index contributed by atoms with van der Waals surface area (Å²) in [6.07, 6.45) is -0.587. The van der Waals surface area contributed by atoms with Gasteiger partial charge in [-0.3, -0.25) is 10.1 Å². The van der Waals surface area contributed by atoms with Crippen LogP contribution in [0.2, 0.25) is 0 Å². The summed E-state index contributed by atoms with van der Waals surface area (Å²) in [5, 5.41) is 29.7. The monoisotopic (exact) mass is 344 g/mol. The number of carboxylic acid groups (broad SMARTS) is 1. The largest absolute Gasteiger partial charge is 0.480 e. The predicted molar refractivity (Wildman–Crippen MR) is 74.9 cm³/mol. The van der Waals surface area contributed by atoms with Gasteiger partial charge in [0.05, 0.1) is 16.7 Å². The van der Waals surface area contributed by atoms with Crippen LogP contribution in [0.25, 0.3) is 0 Å². The third-order valence-electron chi connectivity index (χ3n) is 3.34. The maximum Gasteiger partial charge on any atom is 0.326 e. The molecule has 8 heteroatoms. The SMILES string of the molecule is Cc1cc(N2CC(O)CC2C(=O)O)c(Br)cc1[N+](=O)[O-]. The van der Waals surface area contributed by atoms with E-state index in [0.29, 0.717) is 15.7 Å². The van der Waals surface area contributed by atoms with Gasteiger partial charge in [-0.2, -0.15) is 0 Å². The van der Waals surface area contributed by atoms with Crippen molar-refractivity contribution >= 4 is 33.3 Å². The quantitative estimate of drug-likeness (QED) is 0.638. The molecule has 1 aromatic rings. The number of benzene rings is 1. The number of rotatable bonds is 3. The number of aliphatic hydroxyl groups excluding tert-OH is 1. The van der Waals surface area contributed by atoms with E-state index >= 15 is 0 Å². The zero-order valence-electron chi connectivity index (χ0n) is 10.6. The number of anilines is 1. The number of aryl methyl sites for hydroxylation is 1. The molecule has 2 unspecified atom stereocenters. The van der Waals surface area contributed by atoms with Crippen LogP contribution < -0.4 is 4.90 Å². The Labute approximate surface area is 123 Å². The molecule has 0 radical (unpaired) electrons. The molecule has 1 heterocycles. The van der Waals surface area contributed by atoms with Crippen molar-refractivity contribution < 1.29 is 19.9 Å². The molecular formula is C12H13BrN2O5. The second kappa shape index (κ2) is 5.37. The van der Waals surface area contributed by atoms with Crippen LogP contribution in [-0.4, -0.2) is 39.8 Å². The number of hydrogen-bond acceptors (Lipinski definition) is 5. The van der Waals surface area contributed by atoms with Crippen LogP contribution in [0.4, 0.5) is 11.4 Å². The fraction of sp³-hybridized carbons (Fsp3) is 0.417. The fourth-order valence-corrected chi connectivity index (χ4v) is 2.95. The van der Waals surface area contributed by atoms with E-state index in [4.69, 9.17) is 0 Å². The van der Waals surface area contributed by atoms with E-state index in [1.165, 1.54) is 6.07 Å². The molecule has 2 N–H and O–H groups in total. The Bertz CT molecular complexity index is 577. The van der Waals surface area contributed by atoms with Gasteiger partial charge in [-0.1, -0.05) is 0 Å². The first-order valence-corrected chi connectivity index (χ1v) is 6.72. The number of hydrogen-bond donors (Lipinski definition) is 2. The molecule has 0 saturated carbocycles. The Kier molecular flexibility index (Phi) is 3.96. The van der Waals surface area contributed by atoms with Crippen LogP contribution in [0.3, 0.4) is 0 Å². The number of nitrogens with zero attached hydrogens (tertiary/aromatic N) is 2. The molecule has 1 aromatic carbocycles. The molecule has 1 fully saturated rings. The van der Waals surface area contributed by atoms with Crippen LogP contribution in [0.1, 0.15) is 12.0 Å². The summed E-state index contributed by atoms with van der Waals surface area (Å²) in [5.74, 6) is -1.02. The number of nitro benzene ring substituents is 1. The molecule has 7 nitrogen and oxygen atoms in total. The lowest BCUT2D eigenvalue weighted by molar-refractivity contribution is -0.385. The lowest BCUT2D eigenvalue weighted by Crippen LogP contribution is -2.36. The molecular weight excluding hydrogens is 332 g/mol. The zero-order chi connectivity index (χ0) is 15.0. The molecule has 0 aromatic heterocycles. The first kappa shape index (κ1) is 14.7. The van der Waals surface area contributed by atoms with Gasteiger partial charge in [-0.05, 0) is 28.9 Å². The van der Waals surface area contributed by atoms with Gasteiger partial charge >= 0.3 is 5.97 Å². The Morgan fingerprint density at radius 1 is 1.55 bits per heavy atom. The zero-order valence-corrected chi connectivity index (χ0v) is 12.2. The van der Waals surface area contributed by atoms with E-state index in [9.17, 15) is 25.1 Å². The van der Waals surface area contributed by atoms with Gasteiger partial charge in [-0.15, -0.1) is 0 Å². The number of β-amino-alcohol motifs (C(OH)–C–C–N with tert-alkyl or cyclic N) is 1. The average Bonchev–Trinajstić information content (AvgIpc) is 2.73. The van der Waals surface area contributed by atoms with Crippen molar-refractivity contribution in [3.8, 4) is 0 Å². The normalized spacial score (nSPS) is 22.1. The first-order valence-electron chi connectivity index (χ1n) is 5.93. The van der Waals surface area contributed by atoms with E-state index in [2.05, 4.69) is 15.9 Å². The van der Waals surface area contributed by atoms with Crippen LogP contribution in [0.5, 0.6) is 0 Å². The van der Waals surface area contributed by atoms with Crippen LogP contribution >= 0.6 is 15.9 Å². The molecule has 0 spiro atoms. The van der Waals surface area contributed by atoms with Gasteiger partial charge in [0, 0.05) is 29.1 Å². The van der Waals surface area contributed by atoms with E-state index in [-0.39, 0.29) is 18.7 Å². The lowest BCUT2D eigenvalue weighted by Gasteiger charge is -2.25. The molecule has 0 bridgehead atoms. The van der Waals surface area contributed by atoms with Crippen molar-refractivity contribution in [3.05, 3.63) is 32.3 Å². The average molecular weight is 345 g/mol. The molecule has 2 rings (SSSR count). The third-order valence-corrected chi connectivity index (χ3v) is 3.97. The smallest absolute Gasteiger partial charge is 0.326 e. The minimum absolute atomic E-state index is 0.0350. The van der Waals surface area contributed by atoms with E-state index in [0.717, 1.165) is 0 Å². The van der Waals surface area contributed by atoms with Crippen LogP contribution in [0, 0.1) is 17.0 Å². The summed E-state index contributed by atoms with van der Waals surface area (Å²) in [5.41, 5.74) is 0.947. The Balaban J connectivity index is 2.45. The van der Waals surface area contributed by atoms with E-state index in [1.54, 1.807) is 17.9 Å². The van der Waals surface area contributed by atoms with E-state index in [1.807, 2.05) is 0 Å². The number of carboxylic acids is 1. The fourth-order valence-electron chi connectivity index (χ4n) is 2.39. The highest BCUT2D eigenvalue weighted by Gasteiger charge is 2.37. The van der Waals surface area contributed by atoms with E-state index < -0.39 is 23.0 Å². The summed E-state index contributed by atoms with van der Waals surface area (Å²) in [7, 11) is 0. The topological polar surface area (TPSA) is 104 Å². The van der Waals surface area contributed by atoms with Gasteiger partial charge in [0.1, 0.15) is 6.04 Å². The molecule has 1 aliphatic heterocycles. The van der Waals surface area contributed by atoms with Gasteiger partial charge in [0.25, 0.3) is 5.69 Å². The van der Waals surface area contributed by atoms with Gasteiger partial charge in [0.2, 0.25) is 0 Å². The van der Waals surface area contributed by atoms with Crippen molar-refractivity contribution in [2.45, 2.75) is 25.5 Å². The highest BCUT2D eigenvalue weighted by atomic mass is 79.9. The molecule has 0 amide bonds.